The number of carbonyl (C=O) groups excluding carboxylic acids is 2. The minimum Gasteiger partial charge on any atom is -0.507 e. The third-order valence-corrected chi connectivity index (χ3v) is 5.51. The number of anilines is 1. The molecule has 1 fully saturated rings. The van der Waals surface area contributed by atoms with Gasteiger partial charge in [0, 0.05) is 22.9 Å². The Morgan fingerprint density at radius 2 is 1.66 bits per heavy atom. The summed E-state index contributed by atoms with van der Waals surface area (Å²) in [7, 11) is 3.05. The summed E-state index contributed by atoms with van der Waals surface area (Å²) in [5, 5.41) is 11.1. The largest absolute Gasteiger partial charge is 0.507 e. The van der Waals surface area contributed by atoms with Crippen LogP contribution in [-0.2, 0) is 9.59 Å². The lowest BCUT2D eigenvalue weighted by molar-refractivity contribution is -0.132. The SMILES string of the molecule is COc1ccc([C@H]2C(=C(O)c3ccccc3)C(=O)C(=O)N2c2cccc(C)c2)c(OC)c1. The van der Waals surface area contributed by atoms with Gasteiger partial charge in [-0.1, -0.05) is 42.5 Å². The molecule has 6 nitrogen and oxygen atoms in total. The van der Waals surface area contributed by atoms with Crippen molar-refractivity contribution in [2.24, 2.45) is 0 Å². The van der Waals surface area contributed by atoms with Gasteiger partial charge in [-0.15, -0.1) is 0 Å². The second kappa shape index (κ2) is 8.59. The Bertz CT molecular complexity index is 1220. The number of nitrogens with zero attached hydrogens (tertiary/aromatic N) is 1. The third-order valence-electron chi connectivity index (χ3n) is 5.51. The first-order valence-corrected chi connectivity index (χ1v) is 10.1. The van der Waals surface area contributed by atoms with Crippen molar-refractivity contribution >= 4 is 23.1 Å². The summed E-state index contributed by atoms with van der Waals surface area (Å²) in [5.74, 6) is -0.692. The Hall–Kier alpha value is -4.06. The quantitative estimate of drug-likeness (QED) is 0.363. The Morgan fingerprint density at radius 1 is 0.906 bits per heavy atom. The number of ketones is 1. The molecule has 162 valence electrons. The first-order valence-electron chi connectivity index (χ1n) is 10.1. The Morgan fingerprint density at radius 3 is 2.31 bits per heavy atom. The number of methoxy groups -OCH3 is 2. The molecule has 4 rings (SSSR count). The number of rotatable bonds is 5. The molecule has 0 unspecified atom stereocenters. The lowest BCUT2D eigenvalue weighted by Gasteiger charge is -2.27. The number of amides is 1. The molecule has 32 heavy (non-hydrogen) atoms. The molecular weight excluding hydrogens is 406 g/mol. The number of ether oxygens (including phenoxy) is 2. The Labute approximate surface area is 186 Å². The predicted octanol–water partition coefficient (Wildman–Crippen LogP) is 4.64. The molecule has 0 spiro atoms. The minimum absolute atomic E-state index is 0.00572. The van der Waals surface area contributed by atoms with Gasteiger partial charge in [-0.2, -0.15) is 0 Å². The van der Waals surface area contributed by atoms with E-state index in [2.05, 4.69) is 0 Å². The molecule has 0 bridgehead atoms. The maximum Gasteiger partial charge on any atom is 0.300 e. The fraction of sp³-hybridized carbons (Fsp3) is 0.154. The fourth-order valence-corrected chi connectivity index (χ4v) is 3.97. The average Bonchev–Trinajstić information content (AvgIpc) is 3.08. The van der Waals surface area contributed by atoms with Crippen molar-refractivity contribution in [3.63, 3.8) is 0 Å². The van der Waals surface area contributed by atoms with Crippen molar-refractivity contribution in [2.45, 2.75) is 13.0 Å². The molecule has 6 heteroatoms. The van der Waals surface area contributed by atoms with Gasteiger partial charge in [0.25, 0.3) is 11.7 Å². The highest BCUT2D eigenvalue weighted by Gasteiger charge is 2.48. The molecule has 1 amide bonds. The van der Waals surface area contributed by atoms with Gasteiger partial charge in [0.1, 0.15) is 17.3 Å². The van der Waals surface area contributed by atoms with Gasteiger partial charge in [-0.3, -0.25) is 14.5 Å². The summed E-state index contributed by atoms with van der Waals surface area (Å²) >= 11 is 0. The van der Waals surface area contributed by atoms with Crippen LogP contribution in [0.1, 0.15) is 22.7 Å². The first kappa shape index (κ1) is 21.2. The van der Waals surface area contributed by atoms with Crippen LogP contribution in [0.5, 0.6) is 11.5 Å². The van der Waals surface area contributed by atoms with Crippen LogP contribution in [0.3, 0.4) is 0 Å². The van der Waals surface area contributed by atoms with Crippen molar-refractivity contribution in [3.05, 3.63) is 95.1 Å². The number of benzene rings is 3. The lowest BCUT2D eigenvalue weighted by Crippen LogP contribution is -2.29. The highest BCUT2D eigenvalue weighted by atomic mass is 16.5. The van der Waals surface area contributed by atoms with Crippen LogP contribution in [-0.4, -0.2) is 31.0 Å². The number of aryl methyl sites for hydroxylation is 1. The van der Waals surface area contributed by atoms with Crippen LogP contribution < -0.4 is 14.4 Å². The predicted molar refractivity (Wildman–Crippen MR) is 122 cm³/mol. The molecule has 0 aliphatic carbocycles. The monoisotopic (exact) mass is 429 g/mol. The third kappa shape index (κ3) is 3.60. The summed E-state index contributed by atoms with van der Waals surface area (Å²) in [6.07, 6.45) is 0. The van der Waals surface area contributed by atoms with Crippen molar-refractivity contribution in [1.82, 2.24) is 0 Å². The van der Waals surface area contributed by atoms with Gasteiger partial charge in [-0.25, -0.2) is 0 Å². The van der Waals surface area contributed by atoms with E-state index in [4.69, 9.17) is 9.47 Å². The van der Waals surface area contributed by atoms with Gasteiger partial charge in [0.15, 0.2) is 0 Å². The average molecular weight is 429 g/mol. The molecule has 1 atom stereocenters. The normalized spacial score (nSPS) is 17.5. The lowest BCUT2D eigenvalue weighted by atomic mass is 9.94. The Balaban J connectivity index is 2.00. The summed E-state index contributed by atoms with van der Waals surface area (Å²) < 4.78 is 10.9. The summed E-state index contributed by atoms with van der Waals surface area (Å²) in [4.78, 5) is 27.9. The smallest absolute Gasteiger partial charge is 0.300 e. The number of aliphatic hydroxyl groups excluding tert-OH is 1. The molecular formula is C26H23NO5. The van der Waals surface area contributed by atoms with Crippen molar-refractivity contribution < 1.29 is 24.2 Å². The van der Waals surface area contributed by atoms with Crippen molar-refractivity contribution in [2.75, 3.05) is 19.1 Å². The number of Topliss-reactive ketones (excluding diaryl/α,β-unsaturated/α-hetero) is 1. The maximum absolute atomic E-state index is 13.2. The van der Waals surface area contributed by atoms with E-state index >= 15 is 0 Å². The Kier molecular flexibility index (Phi) is 5.69. The van der Waals surface area contributed by atoms with Gasteiger partial charge in [0.05, 0.1) is 25.8 Å². The van der Waals surface area contributed by atoms with Crippen molar-refractivity contribution in [1.29, 1.82) is 0 Å². The number of hydrogen-bond donors (Lipinski definition) is 1. The van der Waals surface area contributed by atoms with Gasteiger partial charge < -0.3 is 14.6 Å². The number of carbonyl (C=O) groups is 2. The summed E-state index contributed by atoms with van der Waals surface area (Å²) in [6.45, 7) is 1.91. The second-order valence-corrected chi connectivity index (χ2v) is 7.48. The molecule has 0 radical (unpaired) electrons. The minimum atomic E-state index is -0.877. The molecule has 1 aliphatic heterocycles. The van der Waals surface area contributed by atoms with Crippen LogP contribution in [0.2, 0.25) is 0 Å². The topological polar surface area (TPSA) is 76.1 Å². The molecule has 3 aromatic carbocycles. The zero-order chi connectivity index (χ0) is 22.8. The van der Waals surface area contributed by atoms with E-state index in [9.17, 15) is 14.7 Å². The highest BCUT2D eigenvalue weighted by Crippen LogP contribution is 2.45. The second-order valence-electron chi connectivity index (χ2n) is 7.48. The van der Waals surface area contributed by atoms with Gasteiger partial charge in [-0.05, 0) is 36.8 Å². The number of hydrogen-bond acceptors (Lipinski definition) is 5. The maximum atomic E-state index is 13.2. The number of aliphatic hydroxyl groups is 1. The van der Waals surface area contributed by atoms with E-state index in [0.717, 1.165) is 5.56 Å². The molecule has 1 heterocycles. The van der Waals surface area contributed by atoms with E-state index < -0.39 is 17.7 Å². The van der Waals surface area contributed by atoms with Crippen LogP contribution in [0.4, 0.5) is 5.69 Å². The van der Waals surface area contributed by atoms with Crippen LogP contribution in [0, 0.1) is 6.92 Å². The zero-order valence-electron chi connectivity index (χ0n) is 18.0. The van der Waals surface area contributed by atoms with E-state index in [-0.39, 0.29) is 11.3 Å². The molecule has 0 saturated carbocycles. The van der Waals surface area contributed by atoms with E-state index in [1.54, 1.807) is 55.6 Å². The molecule has 3 aromatic rings. The van der Waals surface area contributed by atoms with E-state index in [1.165, 1.54) is 12.0 Å². The molecule has 1 aliphatic rings. The van der Waals surface area contributed by atoms with Crippen molar-refractivity contribution in [3.8, 4) is 11.5 Å². The highest BCUT2D eigenvalue weighted by molar-refractivity contribution is 6.51. The first-order chi connectivity index (χ1) is 15.5. The molecule has 1 N–H and O–H groups in total. The van der Waals surface area contributed by atoms with E-state index in [1.807, 2.05) is 31.2 Å². The van der Waals surface area contributed by atoms with Crippen LogP contribution in [0.15, 0.2) is 78.4 Å². The summed E-state index contributed by atoms with van der Waals surface area (Å²) in [5.41, 5.74) is 2.51. The fourth-order valence-electron chi connectivity index (χ4n) is 3.97. The van der Waals surface area contributed by atoms with Crippen LogP contribution in [0.25, 0.3) is 5.76 Å². The molecule has 1 saturated heterocycles. The summed E-state index contributed by atoms with van der Waals surface area (Å²) in [6, 6.07) is 20.3. The zero-order valence-corrected chi connectivity index (χ0v) is 18.0. The standard InChI is InChI=1S/C26H23NO5/c1-16-8-7-11-18(14-16)27-23(20-13-12-19(31-2)15-21(20)32-3)22(25(29)26(27)30)24(28)17-9-5-4-6-10-17/h4-15,23,28H,1-3H3/t23-/m0/s1. The van der Waals surface area contributed by atoms with Gasteiger partial charge >= 0.3 is 0 Å². The van der Waals surface area contributed by atoms with Crippen LogP contribution >= 0.6 is 0 Å². The van der Waals surface area contributed by atoms with Gasteiger partial charge in [0.2, 0.25) is 0 Å². The van der Waals surface area contributed by atoms with E-state index in [0.29, 0.717) is 28.3 Å². The molecule has 0 aromatic heterocycles.